The van der Waals surface area contributed by atoms with Crippen molar-refractivity contribution in [2.45, 2.75) is 69.0 Å². The number of amides is 2. The third-order valence-corrected chi connectivity index (χ3v) is 10.8. The van der Waals surface area contributed by atoms with Crippen LogP contribution in [0.5, 0.6) is 0 Å². The predicted octanol–water partition coefficient (Wildman–Crippen LogP) is 5.90. The lowest BCUT2D eigenvalue weighted by Gasteiger charge is -2.41. The number of likely N-dealkylation sites (tertiary alicyclic amines) is 1. The van der Waals surface area contributed by atoms with Crippen LogP contribution in [0.4, 0.5) is 5.69 Å². The third-order valence-electron chi connectivity index (χ3n) is 9.46. The molecule has 3 atom stereocenters. The second-order valence-corrected chi connectivity index (χ2v) is 13.3. The van der Waals surface area contributed by atoms with Gasteiger partial charge in [0.05, 0.1) is 16.8 Å². The van der Waals surface area contributed by atoms with Crippen LogP contribution in [0.3, 0.4) is 0 Å². The minimum Gasteiger partial charge on any atom is -0.366 e. The maximum atomic E-state index is 12.2. The second-order valence-electron chi connectivity index (χ2n) is 11.7. The fourth-order valence-corrected chi connectivity index (χ4v) is 8.66. The molecule has 2 amide bonds. The summed E-state index contributed by atoms with van der Waals surface area (Å²) in [6.07, 6.45) is 8.92. The molecule has 198 valence electrons. The molecule has 5 heterocycles. The van der Waals surface area contributed by atoms with Crippen LogP contribution >= 0.6 is 35.3 Å². The molecule has 0 radical (unpaired) electrons. The Morgan fingerprint density at radius 2 is 1.95 bits per heavy atom. The zero-order chi connectivity index (χ0) is 24.9. The summed E-state index contributed by atoms with van der Waals surface area (Å²) in [5.74, 6) is 1.18. The van der Waals surface area contributed by atoms with Gasteiger partial charge >= 0.3 is 0 Å². The van der Waals surface area contributed by atoms with Gasteiger partial charge in [0, 0.05) is 70.4 Å². The minimum atomic E-state index is -0.0800. The van der Waals surface area contributed by atoms with Gasteiger partial charge in [0.2, 0.25) is 11.8 Å². The Kier molecular flexibility index (Phi) is 5.82. The highest BCUT2D eigenvalue weighted by molar-refractivity contribution is 7.19. The summed E-state index contributed by atoms with van der Waals surface area (Å²) in [6, 6.07) is 9.00. The molecule has 4 fully saturated rings. The van der Waals surface area contributed by atoms with Gasteiger partial charge in [-0.05, 0) is 73.8 Å². The Balaban J connectivity index is 0.00000242. The standard InChI is InChI=1S/C29H29ClN4O2S.ClH/c30-17-9-22(20-4-7-31-24-11-19(37-28(20)24)15-34-25(35)2-3-26(34)36)27-23(10-17)21-8-16(21)14-33(27)18-12-29(32-13-18)5-1-6-29;/h4,7,9-11,16,18,21,32H,1-3,5-6,8,12-15H2;1H/t16-,18+,21-;/m1./s1. The van der Waals surface area contributed by atoms with Gasteiger partial charge in [0.15, 0.2) is 0 Å². The summed E-state index contributed by atoms with van der Waals surface area (Å²) in [6.45, 7) is 2.50. The van der Waals surface area contributed by atoms with E-state index >= 15 is 0 Å². The van der Waals surface area contributed by atoms with E-state index in [9.17, 15) is 9.59 Å². The Labute approximate surface area is 237 Å². The Morgan fingerprint density at radius 1 is 1.13 bits per heavy atom. The Morgan fingerprint density at radius 3 is 2.68 bits per heavy atom. The first kappa shape index (κ1) is 24.8. The van der Waals surface area contributed by atoms with Crippen molar-refractivity contribution in [2.24, 2.45) is 5.92 Å². The molecule has 3 aromatic rings. The van der Waals surface area contributed by atoms with E-state index in [-0.39, 0.29) is 24.2 Å². The topological polar surface area (TPSA) is 65.5 Å². The number of hydrogen-bond donors (Lipinski definition) is 1. The van der Waals surface area contributed by atoms with Crippen molar-refractivity contribution in [3.63, 3.8) is 0 Å². The smallest absolute Gasteiger partial charge is 0.230 e. The number of thiophene rings is 1. The summed E-state index contributed by atoms with van der Waals surface area (Å²) >= 11 is 8.42. The molecular weight excluding hydrogens is 539 g/mol. The molecular formula is C29H30Cl2N4O2S. The van der Waals surface area contributed by atoms with Crippen LogP contribution in [0.1, 0.15) is 61.3 Å². The van der Waals surface area contributed by atoms with E-state index in [0.29, 0.717) is 36.9 Å². The molecule has 1 aromatic carbocycles. The van der Waals surface area contributed by atoms with Crippen molar-refractivity contribution < 1.29 is 9.59 Å². The number of pyridine rings is 1. The van der Waals surface area contributed by atoms with Crippen molar-refractivity contribution in [2.75, 3.05) is 18.0 Å². The maximum Gasteiger partial charge on any atom is 0.230 e. The van der Waals surface area contributed by atoms with E-state index in [1.807, 2.05) is 12.3 Å². The normalized spacial score (nSPS) is 26.9. The van der Waals surface area contributed by atoms with Crippen LogP contribution in [0.15, 0.2) is 30.5 Å². The number of nitrogens with zero attached hydrogens (tertiary/aromatic N) is 3. The molecule has 38 heavy (non-hydrogen) atoms. The number of fused-ring (bicyclic) bond motifs is 4. The van der Waals surface area contributed by atoms with Crippen molar-refractivity contribution in [3.8, 4) is 11.1 Å². The molecule has 1 spiro atoms. The predicted molar refractivity (Wildman–Crippen MR) is 153 cm³/mol. The first-order valence-electron chi connectivity index (χ1n) is 13.5. The number of anilines is 1. The average Bonchev–Trinajstić information content (AvgIpc) is 3.18. The van der Waals surface area contributed by atoms with Gasteiger partial charge in [-0.3, -0.25) is 19.5 Å². The van der Waals surface area contributed by atoms with Crippen LogP contribution in [-0.2, 0) is 16.1 Å². The zero-order valence-corrected chi connectivity index (χ0v) is 23.4. The highest BCUT2D eigenvalue weighted by Gasteiger charge is 2.51. The number of hydrogen-bond acceptors (Lipinski definition) is 6. The van der Waals surface area contributed by atoms with Gasteiger partial charge < -0.3 is 10.2 Å². The summed E-state index contributed by atoms with van der Waals surface area (Å²) in [5.41, 5.74) is 6.37. The van der Waals surface area contributed by atoms with Crippen molar-refractivity contribution in [1.29, 1.82) is 0 Å². The number of aromatic nitrogens is 1. The molecule has 1 N–H and O–H groups in total. The van der Waals surface area contributed by atoms with E-state index in [1.165, 1.54) is 53.8 Å². The molecule has 9 heteroatoms. The highest BCUT2D eigenvalue weighted by atomic mass is 35.5. The first-order valence-corrected chi connectivity index (χ1v) is 14.7. The summed E-state index contributed by atoms with van der Waals surface area (Å²) in [4.78, 5) is 34.2. The van der Waals surface area contributed by atoms with Crippen molar-refractivity contribution in [3.05, 3.63) is 45.9 Å². The Hall–Kier alpha value is -2.19. The molecule has 0 unspecified atom stereocenters. The first-order chi connectivity index (χ1) is 18.0. The minimum absolute atomic E-state index is 0. The maximum absolute atomic E-state index is 12.2. The van der Waals surface area contributed by atoms with Crippen LogP contribution in [0.25, 0.3) is 21.3 Å². The van der Waals surface area contributed by atoms with Gasteiger partial charge in [-0.25, -0.2) is 0 Å². The monoisotopic (exact) mass is 568 g/mol. The van der Waals surface area contributed by atoms with Gasteiger partial charge in [-0.15, -0.1) is 23.7 Å². The molecule has 8 rings (SSSR count). The van der Waals surface area contributed by atoms with Crippen molar-refractivity contribution in [1.82, 2.24) is 15.2 Å². The number of benzene rings is 1. The van der Waals surface area contributed by atoms with E-state index in [2.05, 4.69) is 33.4 Å². The number of carbonyl (C=O) groups is 2. The van der Waals surface area contributed by atoms with E-state index in [4.69, 9.17) is 11.6 Å². The average molecular weight is 570 g/mol. The molecule has 2 saturated carbocycles. The van der Waals surface area contributed by atoms with Gasteiger partial charge in [0.1, 0.15) is 0 Å². The molecule has 6 nitrogen and oxygen atoms in total. The number of rotatable bonds is 4. The molecule has 3 aliphatic heterocycles. The van der Waals surface area contributed by atoms with E-state index < -0.39 is 0 Å². The quantitative estimate of drug-likeness (QED) is 0.397. The van der Waals surface area contributed by atoms with E-state index in [1.54, 1.807) is 11.3 Å². The van der Waals surface area contributed by atoms with Gasteiger partial charge in [-0.1, -0.05) is 11.6 Å². The number of carbonyl (C=O) groups excluding carboxylic acids is 2. The van der Waals surface area contributed by atoms with Crippen LogP contribution < -0.4 is 10.2 Å². The van der Waals surface area contributed by atoms with Gasteiger partial charge in [0.25, 0.3) is 0 Å². The summed E-state index contributed by atoms with van der Waals surface area (Å²) in [7, 11) is 0. The highest BCUT2D eigenvalue weighted by Crippen LogP contribution is 2.59. The van der Waals surface area contributed by atoms with Crippen LogP contribution in [-0.4, -0.2) is 46.4 Å². The third kappa shape index (κ3) is 3.80. The number of nitrogens with one attached hydrogen (secondary N) is 1. The largest absolute Gasteiger partial charge is 0.366 e. The molecule has 2 aromatic heterocycles. The fourth-order valence-electron chi connectivity index (χ4n) is 7.30. The lowest BCUT2D eigenvalue weighted by atomic mass is 9.75. The number of imide groups is 1. The molecule has 2 saturated heterocycles. The zero-order valence-electron chi connectivity index (χ0n) is 21.0. The Bertz CT molecular complexity index is 1470. The summed E-state index contributed by atoms with van der Waals surface area (Å²) < 4.78 is 1.10. The lowest BCUT2D eigenvalue weighted by molar-refractivity contribution is -0.138. The number of halogens is 2. The van der Waals surface area contributed by atoms with E-state index in [0.717, 1.165) is 44.7 Å². The van der Waals surface area contributed by atoms with Crippen LogP contribution in [0.2, 0.25) is 5.02 Å². The summed E-state index contributed by atoms with van der Waals surface area (Å²) in [5, 5.41) is 4.67. The lowest BCUT2D eigenvalue weighted by Crippen LogP contribution is -2.46. The SMILES string of the molecule is Cl.O=C1CCC(=O)N1Cc1cc2nccc(-c3cc(Cl)cc4c3N([C@@H]3CNC5(CCC5)C3)C[C@H]3C[C@@H]43)c2s1. The second kappa shape index (κ2) is 8.91. The molecule has 5 aliphatic rings. The van der Waals surface area contributed by atoms with Crippen molar-refractivity contribution >= 4 is 63.1 Å². The molecule has 2 aliphatic carbocycles. The fraction of sp³-hybridized carbons (Fsp3) is 0.483. The molecule has 0 bridgehead atoms. The van der Waals surface area contributed by atoms with Crippen LogP contribution in [0, 0.1) is 5.92 Å². The van der Waals surface area contributed by atoms with Gasteiger partial charge in [-0.2, -0.15) is 0 Å².